The molecule has 1 N–H and O–H groups in total. The first kappa shape index (κ1) is 13.7. The van der Waals surface area contributed by atoms with Gasteiger partial charge in [0.15, 0.2) is 0 Å². The molecule has 0 fully saturated rings. The van der Waals surface area contributed by atoms with Crippen molar-refractivity contribution in [2.75, 3.05) is 7.05 Å². The van der Waals surface area contributed by atoms with Gasteiger partial charge >= 0.3 is 0 Å². The van der Waals surface area contributed by atoms with Crippen molar-refractivity contribution in [3.05, 3.63) is 70.8 Å². The highest BCUT2D eigenvalue weighted by atomic mass is 19.1. The van der Waals surface area contributed by atoms with Crippen LogP contribution in [0, 0.1) is 18.6 Å². The predicted molar refractivity (Wildman–Crippen MR) is 73.0 cm³/mol. The van der Waals surface area contributed by atoms with Crippen molar-refractivity contribution >= 4 is 0 Å². The molecule has 19 heavy (non-hydrogen) atoms. The number of hydrogen-bond donors (Lipinski definition) is 1. The van der Waals surface area contributed by atoms with Crippen LogP contribution in [0.1, 0.15) is 22.7 Å². The van der Waals surface area contributed by atoms with Crippen LogP contribution in [0.4, 0.5) is 8.78 Å². The Morgan fingerprint density at radius 2 is 1.84 bits per heavy atom. The van der Waals surface area contributed by atoms with Crippen LogP contribution in [0.3, 0.4) is 0 Å². The SMILES string of the molecule is CNC(Cc1cccc(F)c1)c1cccc(C)c1F. The lowest BCUT2D eigenvalue weighted by Crippen LogP contribution is -2.20. The van der Waals surface area contributed by atoms with Crippen molar-refractivity contribution in [3.63, 3.8) is 0 Å². The summed E-state index contributed by atoms with van der Waals surface area (Å²) in [6, 6.07) is 11.6. The topological polar surface area (TPSA) is 12.0 Å². The zero-order chi connectivity index (χ0) is 13.8. The fourth-order valence-electron chi connectivity index (χ4n) is 2.21. The number of benzene rings is 2. The second kappa shape index (κ2) is 5.93. The largest absolute Gasteiger partial charge is 0.313 e. The van der Waals surface area contributed by atoms with Crippen molar-refractivity contribution in [1.29, 1.82) is 0 Å². The Labute approximate surface area is 112 Å². The summed E-state index contributed by atoms with van der Waals surface area (Å²) in [4.78, 5) is 0. The molecule has 0 saturated carbocycles. The maximum atomic E-state index is 14.1. The smallest absolute Gasteiger partial charge is 0.130 e. The Morgan fingerprint density at radius 3 is 2.53 bits per heavy atom. The molecule has 0 heterocycles. The Hall–Kier alpha value is -1.74. The third kappa shape index (κ3) is 3.18. The Balaban J connectivity index is 2.28. The summed E-state index contributed by atoms with van der Waals surface area (Å²) in [5.74, 6) is -0.463. The summed E-state index contributed by atoms with van der Waals surface area (Å²) >= 11 is 0. The summed E-state index contributed by atoms with van der Waals surface area (Å²) in [6.45, 7) is 1.74. The third-order valence-corrected chi connectivity index (χ3v) is 3.27. The van der Waals surface area contributed by atoms with Gasteiger partial charge < -0.3 is 5.32 Å². The summed E-state index contributed by atoms with van der Waals surface area (Å²) in [5, 5.41) is 3.09. The van der Waals surface area contributed by atoms with Crippen molar-refractivity contribution < 1.29 is 8.78 Å². The van der Waals surface area contributed by atoms with E-state index in [4.69, 9.17) is 0 Å². The van der Waals surface area contributed by atoms with Gasteiger partial charge in [0.25, 0.3) is 0 Å². The average Bonchev–Trinajstić information content (AvgIpc) is 2.40. The van der Waals surface area contributed by atoms with E-state index in [1.807, 2.05) is 12.1 Å². The molecule has 0 spiro atoms. The molecule has 1 nitrogen and oxygen atoms in total. The predicted octanol–water partition coefficient (Wildman–Crippen LogP) is 3.78. The number of hydrogen-bond acceptors (Lipinski definition) is 1. The Kier molecular flexibility index (Phi) is 4.27. The van der Waals surface area contributed by atoms with Gasteiger partial charge in [0.2, 0.25) is 0 Å². The molecule has 0 aliphatic rings. The van der Waals surface area contributed by atoms with Gasteiger partial charge in [-0.15, -0.1) is 0 Å². The lowest BCUT2D eigenvalue weighted by atomic mass is 9.97. The highest BCUT2D eigenvalue weighted by molar-refractivity contribution is 5.29. The van der Waals surface area contributed by atoms with Crippen LogP contribution in [-0.2, 0) is 6.42 Å². The minimum atomic E-state index is -0.267. The summed E-state index contributed by atoms with van der Waals surface area (Å²) < 4.78 is 27.3. The van der Waals surface area contributed by atoms with Crippen LogP contribution in [0.15, 0.2) is 42.5 Å². The van der Waals surface area contributed by atoms with Crippen molar-refractivity contribution in [2.45, 2.75) is 19.4 Å². The van der Waals surface area contributed by atoms with Crippen molar-refractivity contribution in [2.24, 2.45) is 0 Å². The molecule has 0 aliphatic carbocycles. The van der Waals surface area contributed by atoms with E-state index in [2.05, 4.69) is 5.32 Å². The fourth-order valence-corrected chi connectivity index (χ4v) is 2.21. The molecular formula is C16H17F2N. The molecule has 1 unspecified atom stereocenters. The van der Waals surface area contributed by atoms with E-state index >= 15 is 0 Å². The van der Waals surface area contributed by atoms with Crippen molar-refractivity contribution in [3.8, 4) is 0 Å². The minimum Gasteiger partial charge on any atom is -0.313 e. The molecule has 100 valence electrons. The molecule has 0 bridgehead atoms. The van der Waals surface area contributed by atoms with E-state index in [-0.39, 0.29) is 17.7 Å². The molecule has 0 aliphatic heterocycles. The van der Waals surface area contributed by atoms with Gasteiger partial charge in [-0.3, -0.25) is 0 Å². The first-order valence-electron chi connectivity index (χ1n) is 6.28. The van der Waals surface area contributed by atoms with E-state index in [1.54, 1.807) is 32.2 Å². The van der Waals surface area contributed by atoms with Gasteiger partial charge in [0.1, 0.15) is 11.6 Å². The Morgan fingerprint density at radius 1 is 1.11 bits per heavy atom. The number of rotatable bonds is 4. The van der Waals surface area contributed by atoms with Crippen LogP contribution >= 0.6 is 0 Å². The van der Waals surface area contributed by atoms with Gasteiger partial charge in [-0.05, 0) is 43.7 Å². The normalized spacial score (nSPS) is 12.4. The van der Waals surface area contributed by atoms with Crippen LogP contribution in [0.5, 0.6) is 0 Å². The molecular weight excluding hydrogens is 244 g/mol. The van der Waals surface area contributed by atoms with Gasteiger partial charge in [-0.25, -0.2) is 8.78 Å². The van der Waals surface area contributed by atoms with Gasteiger partial charge in [0, 0.05) is 11.6 Å². The van der Waals surface area contributed by atoms with Crippen LogP contribution in [0.2, 0.25) is 0 Å². The van der Waals surface area contributed by atoms with Gasteiger partial charge in [0.05, 0.1) is 0 Å². The quantitative estimate of drug-likeness (QED) is 0.883. The number of halogens is 2. The molecule has 0 saturated heterocycles. The summed E-state index contributed by atoms with van der Waals surface area (Å²) in [5.41, 5.74) is 2.09. The molecule has 0 amide bonds. The zero-order valence-corrected chi connectivity index (χ0v) is 11.1. The van der Waals surface area contributed by atoms with E-state index < -0.39 is 0 Å². The number of aryl methyl sites for hydroxylation is 1. The summed E-state index contributed by atoms with van der Waals surface area (Å²) in [7, 11) is 1.78. The Bertz CT molecular complexity index is 566. The van der Waals surface area contributed by atoms with Crippen LogP contribution in [0.25, 0.3) is 0 Å². The maximum Gasteiger partial charge on any atom is 0.130 e. The van der Waals surface area contributed by atoms with E-state index in [1.165, 1.54) is 12.1 Å². The first-order valence-corrected chi connectivity index (χ1v) is 6.28. The average molecular weight is 261 g/mol. The standard InChI is InChI=1S/C16H17F2N/c1-11-5-3-8-14(16(11)18)15(19-2)10-12-6-4-7-13(17)9-12/h3-9,15,19H,10H2,1-2H3. The lowest BCUT2D eigenvalue weighted by molar-refractivity contribution is 0.528. The van der Waals surface area contributed by atoms with E-state index in [9.17, 15) is 8.78 Å². The monoisotopic (exact) mass is 261 g/mol. The molecule has 2 aromatic carbocycles. The molecule has 3 heteroatoms. The van der Waals surface area contributed by atoms with E-state index in [0.717, 1.165) is 5.56 Å². The summed E-state index contributed by atoms with van der Waals surface area (Å²) in [6.07, 6.45) is 0.550. The third-order valence-electron chi connectivity index (χ3n) is 3.27. The van der Waals surface area contributed by atoms with Gasteiger partial charge in [-0.1, -0.05) is 30.3 Å². The molecule has 2 aromatic rings. The van der Waals surface area contributed by atoms with Crippen LogP contribution < -0.4 is 5.32 Å². The highest BCUT2D eigenvalue weighted by Crippen LogP contribution is 2.23. The number of likely N-dealkylation sites (N-methyl/N-ethyl adjacent to an activating group) is 1. The van der Waals surface area contributed by atoms with Crippen molar-refractivity contribution in [1.82, 2.24) is 5.32 Å². The zero-order valence-electron chi connectivity index (χ0n) is 11.1. The second-order valence-corrected chi connectivity index (χ2v) is 4.65. The fraction of sp³-hybridized carbons (Fsp3) is 0.250. The minimum absolute atomic E-state index is 0.165. The second-order valence-electron chi connectivity index (χ2n) is 4.65. The maximum absolute atomic E-state index is 14.1. The first-order chi connectivity index (χ1) is 9.11. The molecule has 0 radical (unpaired) electrons. The highest BCUT2D eigenvalue weighted by Gasteiger charge is 2.15. The molecule has 2 rings (SSSR count). The lowest BCUT2D eigenvalue weighted by Gasteiger charge is -2.18. The van der Waals surface area contributed by atoms with E-state index in [0.29, 0.717) is 17.5 Å². The number of nitrogens with one attached hydrogen (secondary N) is 1. The van der Waals surface area contributed by atoms with Crippen LogP contribution in [-0.4, -0.2) is 7.05 Å². The van der Waals surface area contributed by atoms with Gasteiger partial charge in [-0.2, -0.15) is 0 Å². The molecule has 0 aromatic heterocycles. The molecule has 1 atom stereocenters.